The Bertz CT molecular complexity index is 308. The zero-order chi connectivity index (χ0) is 15.6. The second kappa shape index (κ2) is 11.0. The molecule has 0 saturated heterocycles. The molecule has 0 rings (SSSR count). The van der Waals surface area contributed by atoms with E-state index in [-0.39, 0.29) is 24.6 Å². The van der Waals surface area contributed by atoms with Gasteiger partial charge >= 0.3 is 11.7 Å². The molecule has 0 radical (unpaired) electrons. The second-order valence-corrected chi connectivity index (χ2v) is 10.5. The molecule has 0 aliphatic rings. The summed E-state index contributed by atoms with van der Waals surface area (Å²) in [5.41, 5.74) is -2.80. The molecule has 9 heteroatoms. The number of carbonyl (C=O) groups is 1. The molecule has 20 heavy (non-hydrogen) atoms. The molecule has 0 N–H and O–H groups in total. The summed E-state index contributed by atoms with van der Waals surface area (Å²) in [5, 5.41) is 0. The topological polar surface area (TPSA) is 63.2 Å². The van der Waals surface area contributed by atoms with E-state index in [9.17, 15) is 4.79 Å². The van der Waals surface area contributed by atoms with Crippen LogP contribution >= 0.6 is 17.1 Å². The summed E-state index contributed by atoms with van der Waals surface area (Å²) in [4.78, 5) is 21.4. The van der Waals surface area contributed by atoms with Crippen LogP contribution in [0, 0.1) is 0 Å². The van der Waals surface area contributed by atoms with E-state index in [4.69, 9.17) is 35.7 Å². The van der Waals surface area contributed by atoms with Gasteiger partial charge in [0.15, 0.2) is 0 Å². The van der Waals surface area contributed by atoms with Crippen molar-refractivity contribution in [3.63, 3.8) is 0 Å². The SMILES string of the molecule is CCOC(=O)CCSP(=S)(OOC(C)C)OOC(C)C. The first-order valence-corrected chi connectivity index (χ1v) is 10.6. The Hall–Kier alpha value is 0.310. The Morgan fingerprint density at radius 3 is 2.05 bits per heavy atom. The average molecular weight is 346 g/mol. The Labute approximate surface area is 129 Å². The zero-order valence-electron chi connectivity index (χ0n) is 12.5. The molecule has 0 bridgehead atoms. The Balaban J connectivity index is 4.29. The van der Waals surface area contributed by atoms with Crippen molar-refractivity contribution in [2.24, 2.45) is 0 Å². The van der Waals surface area contributed by atoms with Gasteiger partial charge in [-0.1, -0.05) is 11.4 Å². The largest absolute Gasteiger partial charge is 0.466 e. The third-order valence-corrected chi connectivity index (χ3v) is 5.93. The number of hydrogen-bond acceptors (Lipinski definition) is 8. The third kappa shape index (κ3) is 11.0. The fraction of sp³-hybridized carbons (Fsp3) is 0.909. The van der Waals surface area contributed by atoms with E-state index in [2.05, 4.69) is 0 Å². The lowest BCUT2D eigenvalue weighted by molar-refractivity contribution is -0.278. The quantitative estimate of drug-likeness (QED) is 0.243. The normalized spacial score (nSPS) is 12.2. The van der Waals surface area contributed by atoms with Crippen LogP contribution < -0.4 is 0 Å². The summed E-state index contributed by atoms with van der Waals surface area (Å²) in [7, 11) is 0. The van der Waals surface area contributed by atoms with E-state index in [0.29, 0.717) is 12.4 Å². The first kappa shape index (κ1) is 20.3. The number of rotatable bonds is 11. The minimum atomic E-state index is -2.80. The molecule has 0 aromatic heterocycles. The van der Waals surface area contributed by atoms with Crippen LogP contribution in [0.1, 0.15) is 41.0 Å². The minimum absolute atomic E-state index is 0.148. The van der Waals surface area contributed by atoms with Crippen LogP contribution in [0.3, 0.4) is 0 Å². The summed E-state index contributed by atoms with van der Waals surface area (Å²) < 4.78 is 15.2. The summed E-state index contributed by atoms with van der Waals surface area (Å²) >= 11 is 6.48. The van der Waals surface area contributed by atoms with Gasteiger partial charge in [0.05, 0.1) is 25.2 Å². The molecule has 0 aromatic carbocycles. The van der Waals surface area contributed by atoms with Gasteiger partial charge in [-0.3, -0.25) is 4.79 Å². The lowest BCUT2D eigenvalue weighted by atomic mass is 10.5. The third-order valence-electron chi connectivity index (χ3n) is 1.51. The minimum Gasteiger partial charge on any atom is -0.466 e. The van der Waals surface area contributed by atoms with Gasteiger partial charge in [-0.25, -0.2) is 9.78 Å². The summed E-state index contributed by atoms with van der Waals surface area (Å²) in [5.74, 6) is 0.134. The van der Waals surface area contributed by atoms with Gasteiger partial charge in [-0.05, 0) is 46.4 Å². The molecular formula is C11H23O6PS2. The van der Waals surface area contributed by atoms with Crippen LogP contribution in [0.15, 0.2) is 0 Å². The van der Waals surface area contributed by atoms with Crippen molar-refractivity contribution in [3.8, 4) is 0 Å². The molecule has 6 nitrogen and oxygen atoms in total. The molecule has 0 heterocycles. The lowest BCUT2D eigenvalue weighted by Crippen LogP contribution is -2.08. The number of carbonyl (C=O) groups excluding carboxylic acids is 1. The molecule has 0 aliphatic carbocycles. The summed E-state index contributed by atoms with van der Waals surface area (Å²) in [6.07, 6.45) is -0.0660. The van der Waals surface area contributed by atoms with Crippen LogP contribution in [0.4, 0.5) is 0 Å². The predicted octanol–water partition coefficient (Wildman–Crippen LogP) is 3.61. The molecule has 0 spiro atoms. The van der Waals surface area contributed by atoms with Crippen molar-refractivity contribution in [2.45, 2.75) is 53.2 Å². The van der Waals surface area contributed by atoms with Gasteiger partial charge in [0.1, 0.15) is 0 Å². The van der Waals surface area contributed by atoms with Crippen molar-refractivity contribution >= 4 is 34.9 Å². The highest BCUT2D eigenvalue weighted by molar-refractivity contribution is 8.67. The van der Waals surface area contributed by atoms with Gasteiger partial charge in [0, 0.05) is 5.75 Å². The standard InChI is InChI=1S/C11H23O6PS2/c1-6-13-11(12)7-8-20-18(19,16-14-9(2)3)17-15-10(4)5/h9-10H,6-8H2,1-5H3. The Morgan fingerprint density at radius 1 is 1.15 bits per heavy atom. The molecule has 0 aromatic rings. The van der Waals surface area contributed by atoms with Gasteiger partial charge in [0.25, 0.3) is 0 Å². The fourth-order valence-corrected chi connectivity index (χ4v) is 4.25. The van der Waals surface area contributed by atoms with Crippen molar-refractivity contribution in [2.75, 3.05) is 12.4 Å². The summed E-state index contributed by atoms with van der Waals surface area (Å²) in [6.45, 7) is 9.36. The molecular weight excluding hydrogens is 323 g/mol. The average Bonchev–Trinajstić information content (AvgIpc) is 2.35. The highest BCUT2D eigenvalue weighted by atomic mass is 32.9. The number of esters is 1. The van der Waals surface area contributed by atoms with Crippen LogP contribution in [-0.4, -0.2) is 30.5 Å². The van der Waals surface area contributed by atoms with E-state index in [1.807, 2.05) is 27.7 Å². The maximum Gasteiger partial charge on any atom is 0.307 e. The number of hydrogen-bond donors (Lipinski definition) is 0. The van der Waals surface area contributed by atoms with Crippen molar-refractivity contribution in [1.29, 1.82) is 0 Å². The van der Waals surface area contributed by atoms with E-state index in [1.165, 1.54) is 11.4 Å². The molecule has 0 saturated carbocycles. The molecule has 0 aliphatic heterocycles. The van der Waals surface area contributed by atoms with Crippen LogP contribution in [0.25, 0.3) is 0 Å². The molecule has 0 amide bonds. The molecule has 0 atom stereocenters. The van der Waals surface area contributed by atoms with Crippen LogP contribution in [-0.2, 0) is 40.5 Å². The second-order valence-electron chi connectivity index (χ2n) is 4.27. The lowest BCUT2D eigenvalue weighted by Gasteiger charge is -2.20. The van der Waals surface area contributed by atoms with Gasteiger partial charge in [-0.2, -0.15) is 9.35 Å². The molecule has 120 valence electrons. The van der Waals surface area contributed by atoms with E-state index in [0.717, 1.165) is 0 Å². The predicted molar refractivity (Wildman–Crippen MR) is 82.6 cm³/mol. The first-order chi connectivity index (χ1) is 9.29. The maximum absolute atomic E-state index is 11.3. The maximum atomic E-state index is 11.3. The van der Waals surface area contributed by atoms with Crippen LogP contribution in [0.2, 0.25) is 0 Å². The van der Waals surface area contributed by atoms with Crippen LogP contribution in [0.5, 0.6) is 0 Å². The summed E-state index contributed by atoms with van der Waals surface area (Å²) in [6, 6.07) is 0. The first-order valence-electron chi connectivity index (χ1n) is 6.39. The van der Waals surface area contributed by atoms with E-state index in [1.54, 1.807) is 6.92 Å². The van der Waals surface area contributed by atoms with Gasteiger partial charge in [0.2, 0.25) is 0 Å². The highest BCUT2D eigenvalue weighted by Crippen LogP contribution is 2.61. The van der Waals surface area contributed by atoms with Crippen molar-refractivity contribution < 1.29 is 28.7 Å². The monoisotopic (exact) mass is 346 g/mol. The Morgan fingerprint density at radius 2 is 1.65 bits per heavy atom. The number of ether oxygens (including phenoxy) is 1. The Kier molecular flexibility index (Phi) is 11.1. The highest BCUT2D eigenvalue weighted by Gasteiger charge is 2.25. The van der Waals surface area contributed by atoms with E-state index >= 15 is 0 Å². The molecule has 0 fully saturated rings. The van der Waals surface area contributed by atoms with E-state index < -0.39 is 5.69 Å². The van der Waals surface area contributed by atoms with Crippen molar-refractivity contribution in [1.82, 2.24) is 0 Å². The van der Waals surface area contributed by atoms with Gasteiger partial charge in [-0.15, -0.1) is 0 Å². The zero-order valence-corrected chi connectivity index (χ0v) is 15.0. The smallest absolute Gasteiger partial charge is 0.307 e. The van der Waals surface area contributed by atoms with Crippen molar-refractivity contribution in [3.05, 3.63) is 0 Å². The van der Waals surface area contributed by atoms with Gasteiger partial charge < -0.3 is 4.74 Å². The fourth-order valence-electron chi connectivity index (χ4n) is 0.807. The molecule has 0 unspecified atom stereocenters.